The molecular formula is C16H16ClNO2S. The Labute approximate surface area is 133 Å². The van der Waals surface area contributed by atoms with Crippen LogP contribution >= 0.6 is 23.4 Å². The molecule has 2 aromatic rings. The van der Waals surface area contributed by atoms with Crippen LogP contribution < -0.4 is 0 Å². The van der Waals surface area contributed by atoms with Crippen LogP contribution in [0.2, 0.25) is 5.02 Å². The largest absolute Gasteiger partial charge is 0.269 e. The maximum Gasteiger partial charge on any atom is 0.269 e. The van der Waals surface area contributed by atoms with E-state index in [9.17, 15) is 10.1 Å². The van der Waals surface area contributed by atoms with Crippen molar-refractivity contribution in [1.29, 1.82) is 0 Å². The van der Waals surface area contributed by atoms with Crippen molar-refractivity contribution in [2.24, 2.45) is 0 Å². The van der Waals surface area contributed by atoms with Gasteiger partial charge in [-0.15, -0.1) is 0 Å². The number of hydrogen-bond acceptors (Lipinski definition) is 3. The van der Waals surface area contributed by atoms with E-state index in [0.717, 1.165) is 11.3 Å². The van der Waals surface area contributed by atoms with E-state index in [1.807, 2.05) is 0 Å². The van der Waals surface area contributed by atoms with Gasteiger partial charge in [-0.3, -0.25) is 10.1 Å². The average molecular weight is 322 g/mol. The van der Waals surface area contributed by atoms with Gasteiger partial charge in [0.15, 0.2) is 0 Å². The van der Waals surface area contributed by atoms with Crippen molar-refractivity contribution in [2.45, 2.75) is 25.4 Å². The second-order valence-corrected chi connectivity index (χ2v) is 6.41. The van der Waals surface area contributed by atoms with Crippen LogP contribution in [0.5, 0.6) is 0 Å². The van der Waals surface area contributed by atoms with E-state index >= 15 is 0 Å². The fourth-order valence-corrected chi connectivity index (χ4v) is 3.44. The van der Waals surface area contributed by atoms with Crippen molar-refractivity contribution in [2.75, 3.05) is 0 Å². The minimum atomic E-state index is -0.394. The summed E-state index contributed by atoms with van der Waals surface area (Å²) in [4.78, 5) is 10.4. The fourth-order valence-electron chi connectivity index (χ4n) is 2.22. The molecule has 0 fully saturated rings. The number of non-ortho nitro benzene ring substituents is 1. The van der Waals surface area contributed by atoms with Crippen LogP contribution in [0.3, 0.4) is 0 Å². The van der Waals surface area contributed by atoms with Gasteiger partial charge in [0.25, 0.3) is 5.69 Å². The summed E-state index contributed by atoms with van der Waals surface area (Å²) in [5, 5.41) is 11.4. The second kappa shape index (κ2) is 6.96. The van der Waals surface area contributed by atoms with Crippen LogP contribution in [0.25, 0.3) is 0 Å². The summed E-state index contributed by atoms with van der Waals surface area (Å²) in [5.74, 6) is 1.52. The zero-order chi connectivity index (χ0) is 15.4. The summed E-state index contributed by atoms with van der Waals surface area (Å²) in [6.07, 6.45) is 0. The molecule has 2 rings (SSSR count). The predicted octanol–water partition coefficient (Wildman–Crippen LogP) is 5.30. The topological polar surface area (TPSA) is 43.1 Å². The van der Waals surface area contributed by atoms with Crippen molar-refractivity contribution in [1.82, 2.24) is 0 Å². The first-order valence-electron chi connectivity index (χ1n) is 6.53. The highest BCUT2D eigenvalue weighted by Gasteiger charge is 2.09. The molecule has 21 heavy (non-hydrogen) atoms. The molecule has 0 aromatic heterocycles. The van der Waals surface area contributed by atoms with Gasteiger partial charge in [0.05, 0.1) is 4.92 Å². The highest BCUT2D eigenvalue weighted by Crippen LogP contribution is 2.27. The Morgan fingerprint density at radius 3 is 2.38 bits per heavy atom. The van der Waals surface area contributed by atoms with Crippen molar-refractivity contribution in [3.63, 3.8) is 0 Å². The summed E-state index contributed by atoms with van der Waals surface area (Å²) < 4.78 is 0. The quantitative estimate of drug-likeness (QED) is 0.554. The summed E-state index contributed by atoms with van der Waals surface area (Å²) in [7, 11) is 0. The van der Waals surface area contributed by atoms with E-state index in [1.165, 1.54) is 22.8 Å². The fraction of sp³-hybridized carbons (Fsp3) is 0.250. The smallest absolute Gasteiger partial charge is 0.258 e. The van der Waals surface area contributed by atoms with Crippen LogP contribution in [-0.2, 0) is 11.5 Å². The number of benzene rings is 2. The average Bonchev–Trinajstić information content (AvgIpc) is 2.39. The lowest BCUT2D eigenvalue weighted by atomic mass is 10.1. The minimum Gasteiger partial charge on any atom is -0.258 e. The second-order valence-electron chi connectivity index (χ2n) is 5.02. The Kier molecular flexibility index (Phi) is 5.26. The lowest BCUT2D eigenvalue weighted by Crippen LogP contribution is -1.91. The number of rotatable bonds is 5. The van der Waals surface area contributed by atoms with Crippen molar-refractivity contribution in [3.8, 4) is 0 Å². The molecule has 0 aliphatic carbocycles. The Balaban J connectivity index is 2.03. The first-order valence-corrected chi connectivity index (χ1v) is 8.06. The molecule has 0 aliphatic rings. The predicted molar refractivity (Wildman–Crippen MR) is 89.0 cm³/mol. The first-order chi connectivity index (χ1) is 9.95. The van der Waals surface area contributed by atoms with Gasteiger partial charge in [-0.05, 0) is 31.0 Å². The zero-order valence-electron chi connectivity index (χ0n) is 11.9. The molecule has 0 amide bonds. The maximum atomic E-state index is 10.8. The monoisotopic (exact) mass is 321 g/mol. The van der Waals surface area contributed by atoms with E-state index in [4.69, 9.17) is 11.6 Å². The van der Waals surface area contributed by atoms with Gasteiger partial charge < -0.3 is 0 Å². The summed E-state index contributed by atoms with van der Waals surface area (Å²) in [6.45, 7) is 4.16. The molecule has 0 atom stereocenters. The third-order valence-electron chi connectivity index (χ3n) is 3.05. The highest BCUT2D eigenvalue weighted by atomic mass is 35.5. The van der Waals surface area contributed by atoms with Gasteiger partial charge >= 0.3 is 0 Å². The molecule has 110 valence electrons. The Bertz CT molecular complexity index is 653. The normalized spacial score (nSPS) is 10.6. The standard InChI is InChI=1S/C16H16ClNO2S/c1-11-5-12(2)7-13(6-11)9-21-10-14-8-15(18(19)20)3-4-16(14)17/h3-8H,9-10H2,1-2H3. The van der Waals surface area contributed by atoms with Gasteiger partial charge in [-0.2, -0.15) is 11.8 Å². The van der Waals surface area contributed by atoms with Gasteiger partial charge in [0.1, 0.15) is 0 Å². The van der Waals surface area contributed by atoms with Crippen LogP contribution in [0, 0.1) is 24.0 Å². The minimum absolute atomic E-state index is 0.0846. The van der Waals surface area contributed by atoms with E-state index in [-0.39, 0.29) is 5.69 Å². The lowest BCUT2D eigenvalue weighted by molar-refractivity contribution is -0.384. The molecule has 3 nitrogen and oxygen atoms in total. The summed E-state index contributed by atoms with van der Waals surface area (Å²) in [5.41, 5.74) is 4.65. The molecule has 0 heterocycles. The van der Waals surface area contributed by atoms with E-state index in [1.54, 1.807) is 23.9 Å². The van der Waals surface area contributed by atoms with Crippen LogP contribution in [0.4, 0.5) is 5.69 Å². The molecular weight excluding hydrogens is 306 g/mol. The molecule has 0 aliphatic heterocycles. The van der Waals surface area contributed by atoms with Crippen LogP contribution in [0.15, 0.2) is 36.4 Å². The molecule has 0 unspecified atom stereocenters. The molecule has 0 saturated carbocycles. The number of halogens is 1. The molecule has 0 N–H and O–H groups in total. The number of nitro groups is 1. The Morgan fingerprint density at radius 1 is 1.10 bits per heavy atom. The Morgan fingerprint density at radius 2 is 1.76 bits per heavy atom. The maximum absolute atomic E-state index is 10.8. The first kappa shape index (κ1) is 15.9. The third-order valence-corrected chi connectivity index (χ3v) is 4.47. The van der Waals surface area contributed by atoms with E-state index in [0.29, 0.717) is 10.8 Å². The van der Waals surface area contributed by atoms with Crippen LogP contribution in [-0.4, -0.2) is 4.92 Å². The molecule has 0 spiro atoms. The number of nitro benzene ring substituents is 1. The number of thioether (sulfide) groups is 1. The van der Waals surface area contributed by atoms with Crippen molar-refractivity contribution >= 4 is 29.1 Å². The third kappa shape index (κ3) is 4.48. The Hall–Kier alpha value is -1.52. The summed E-state index contributed by atoms with van der Waals surface area (Å²) >= 11 is 7.80. The van der Waals surface area contributed by atoms with Crippen molar-refractivity contribution < 1.29 is 4.92 Å². The van der Waals surface area contributed by atoms with Gasteiger partial charge in [-0.1, -0.05) is 40.9 Å². The van der Waals surface area contributed by atoms with Gasteiger partial charge in [-0.25, -0.2) is 0 Å². The lowest BCUT2D eigenvalue weighted by Gasteiger charge is -2.06. The molecule has 0 bridgehead atoms. The molecule has 2 aromatic carbocycles. The van der Waals surface area contributed by atoms with Gasteiger partial charge in [0.2, 0.25) is 0 Å². The van der Waals surface area contributed by atoms with E-state index in [2.05, 4.69) is 32.0 Å². The van der Waals surface area contributed by atoms with Gasteiger partial charge in [0, 0.05) is 28.7 Å². The van der Waals surface area contributed by atoms with Crippen molar-refractivity contribution in [3.05, 3.63) is 73.8 Å². The number of hydrogen-bond donors (Lipinski definition) is 0. The summed E-state index contributed by atoms with van der Waals surface area (Å²) in [6, 6.07) is 11.0. The number of nitrogens with zero attached hydrogens (tertiary/aromatic N) is 1. The highest BCUT2D eigenvalue weighted by molar-refractivity contribution is 7.97. The number of aryl methyl sites for hydroxylation is 2. The molecule has 5 heteroatoms. The molecule has 0 radical (unpaired) electrons. The van der Waals surface area contributed by atoms with Crippen LogP contribution in [0.1, 0.15) is 22.3 Å². The van der Waals surface area contributed by atoms with E-state index < -0.39 is 4.92 Å². The zero-order valence-corrected chi connectivity index (χ0v) is 13.5. The molecule has 0 saturated heterocycles. The SMILES string of the molecule is Cc1cc(C)cc(CSCc2cc([N+](=O)[O-])ccc2Cl)c1.